The number of carbonyl (C=O) groups is 2. The molecule has 1 aliphatic rings. The quantitative estimate of drug-likeness (QED) is 0.264. The number of aromatic nitrogens is 1. The number of anilines is 1. The Kier molecular flexibility index (Phi) is 8.81. The molecule has 0 bridgehead atoms. The molecule has 0 atom stereocenters. The summed E-state index contributed by atoms with van der Waals surface area (Å²) in [6, 6.07) is 8.72. The van der Waals surface area contributed by atoms with E-state index in [4.69, 9.17) is 45.3 Å². The Labute approximate surface area is 228 Å². The maximum absolute atomic E-state index is 15.2. The van der Waals surface area contributed by atoms with Gasteiger partial charge < -0.3 is 31.0 Å². The molecule has 2 heterocycles. The monoisotopic (exact) mass is 567 g/mol. The number of aromatic amines is 1. The molecule has 2 amide bonds. The van der Waals surface area contributed by atoms with Gasteiger partial charge in [0.15, 0.2) is 11.6 Å². The smallest absolute Gasteiger partial charge is 0.269 e. The van der Waals surface area contributed by atoms with Crippen molar-refractivity contribution in [2.75, 3.05) is 31.9 Å². The van der Waals surface area contributed by atoms with Crippen LogP contribution in [0, 0.1) is 5.82 Å². The summed E-state index contributed by atoms with van der Waals surface area (Å²) in [5, 5.41) is 5.81. The van der Waals surface area contributed by atoms with E-state index in [1.54, 1.807) is 0 Å². The van der Waals surface area contributed by atoms with Crippen molar-refractivity contribution in [1.82, 2.24) is 20.5 Å². The van der Waals surface area contributed by atoms with E-state index >= 15 is 4.39 Å². The van der Waals surface area contributed by atoms with Gasteiger partial charge in [0, 0.05) is 42.0 Å². The van der Waals surface area contributed by atoms with Gasteiger partial charge >= 0.3 is 0 Å². The number of hydrogen-bond donors (Lipinski definition) is 4. The zero-order valence-corrected chi connectivity index (χ0v) is 21.9. The fourth-order valence-electron chi connectivity index (χ4n) is 3.97. The normalized spacial score (nSPS) is 13.5. The number of nitrogens with zero attached hydrogens (tertiary/aromatic N) is 1. The zero-order chi connectivity index (χ0) is 26.5. The summed E-state index contributed by atoms with van der Waals surface area (Å²) in [6.07, 6.45) is 2.34. The number of H-pyrrole nitrogens is 1. The van der Waals surface area contributed by atoms with Gasteiger partial charge in [-0.25, -0.2) is 4.39 Å². The Hall–Kier alpha value is -2.98. The van der Waals surface area contributed by atoms with Gasteiger partial charge in [-0.05, 0) is 50.2 Å². The summed E-state index contributed by atoms with van der Waals surface area (Å²) in [6.45, 7) is 3.12. The van der Waals surface area contributed by atoms with Crippen LogP contribution in [0.4, 0.5) is 10.1 Å². The molecule has 1 fully saturated rings. The van der Waals surface area contributed by atoms with Gasteiger partial charge in [-0.15, -0.1) is 0 Å². The fraction of sp³-hybridized carbons (Fsp3) is 0.280. The van der Waals surface area contributed by atoms with E-state index in [0.29, 0.717) is 17.3 Å². The molecule has 0 saturated carbocycles. The average molecular weight is 569 g/mol. The number of amides is 2. The molecule has 196 valence electrons. The second kappa shape index (κ2) is 12.0. The third-order valence-electron chi connectivity index (χ3n) is 5.84. The minimum atomic E-state index is -0.762. The maximum Gasteiger partial charge on any atom is 0.269 e. The zero-order valence-electron chi connectivity index (χ0n) is 19.7. The van der Waals surface area contributed by atoms with E-state index < -0.39 is 11.7 Å². The highest BCUT2D eigenvalue weighted by molar-refractivity contribution is 6.34. The number of nitrogens with two attached hydrogens (primary N) is 1. The lowest BCUT2D eigenvalue weighted by Gasteiger charge is -2.14. The Morgan fingerprint density at radius 1 is 1.03 bits per heavy atom. The molecule has 37 heavy (non-hydrogen) atoms. The van der Waals surface area contributed by atoms with Crippen LogP contribution in [0.3, 0.4) is 0 Å². The lowest BCUT2D eigenvalue weighted by atomic mass is 10.2. The molecule has 4 rings (SSSR count). The van der Waals surface area contributed by atoms with Crippen LogP contribution in [0.2, 0.25) is 15.1 Å². The molecule has 0 radical (unpaired) electrons. The number of hydrogen-bond acceptors (Lipinski definition) is 5. The molecular weight excluding hydrogens is 544 g/mol. The van der Waals surface area contributed by atoms with Crippen molar-refractivity contribution in [3.05, 3.63) is 74.2 Å². The van der Waals surface area contributed by atoms with E-state index in [1.807, 2.05) is 0 Å². The highest BCUT2D eigenvalue weighted by Crippen LogP contribution is 2.35. The molecule has 1 aromatic heterocycles. The fourth-order valence-corrected chi connectivity index (χ4v) is 4.63. The molecule has 12 heteroatoms. The Balaban J connectivity index is 1.38. The van der Waals surface area contributed by atoms with E-state index in [1.165, 1.54) is 49.2 Å². The van der Waals surface area contributed by atoms with Crippen LogP contribution in [0.1, 0.15) is 39.4 Å². The minimum Gasteiger partial charge on any atom is -0.453 e. The van der Waals surface area contributed by atoms with Gasteiger partial charge in [-0.2, -0.15) is 0 Å². The number of halogens is 4. The first kappa shape index (κ1) is 27.1. The van der Waals surface area contributed by atoms with Crippen LogP contribution in [0.5, 0.6) is 11.5 Å². The molecule has 2 aromatic carbocycles. The summed E-state index contributed by atoms with van der Waals surface area (Å²) in [5.74, 6) is -1.77. The molecule has 0 unspecified atom stereocenters. The van der Waals surface area contributed by atoms with E-state index in [2.05, 4.69) is 20.5 Å². The molecular formula is C25H25Cl3FN5O3. The van der Waals surface area contributed by atoms with Crippen molar-refractivity contribution in [2.24, 2.45) is 0 Å². The van der Waals surface area contributed by atoms with E-state index in [9.17, 15) is 9.59 Å². The predicted octanol–water partition coefficient (Wildman–Crippen LogP) is 5.24. The predicted molar refractivity (Wildman–Crippen MR) is 142 cm³/mol. The van der Waals surface area contributed by atoms with E-state index in [-0.39, 0.29) is 50.9 Å². The highest BCUT2D eigenvalue weighted by Gasteiger charge is 2.20. The number of nitrogen functional groups attached to an aromatic ring is 1. The number of nitrogens with one attached hydrogen (secondary N) is 3. The summed E-state index contributed by atoms with van der Waals surface area (Å²) >= 11 is 18.3. The minimum absolute atomic E-state index is 0.00777. The van der Waals surface area contributed by atoms with Gasteiger partial charge in [0.05, 0.1) is 10.0 Å². The van der Waals surface area contributed by atoms with Crippen LogP contribution in [-0.2, 0) is 6.54 Å². The first-order valence-corrected chi connectivity index (χ1v) is 12.7. The maximum atomic E-state index is 15.2. The lowest BCUT2D eigenvalue weighted by Crippen LogP contribution is -2.33. The average Bonchev–Trinajstić information content (AvgIpc) is 3.50. The van der Waals surface area contributed by atoms with Crippen LogP contribution < -0.4 is 21.1 Å². The number of ether oxygens (including phenoxy) is 1. The number of carbonyl (C=O) groups excluding carboxylic acids is 2. The molecule has 8 nitrogen and oxygen atoms in total. The molecule has 0 aliphatic carbocycles. The Morgan fingerprint density at radius 3 is 2.51 bits per heavy atom. The first-order valence-electron chi connectivity index (χ1n) is 11.6. The van der Waals surface area contributed by atoms with Crippen molar-refractivity contribution in [2.45, 2.75) is 19.4 Å². The molecule has 5 N–H and O–H groups in total. The van der Waals surface area contributed by atoms with Crippen LogP contribution in [0.25, 0.3) is 0 Å². The largest absolute Gasteiger partial charge is 0.453 e. The van der Waals surface area contributed by atoms with Crippen molar-refractivity contribution >= 4 is 52.3 Å². The van der Waals surface area contributed by atoms with Gasteiger partial charge in [0.1, 0.15) is 17.1 Å². The first-order chi connectivity index (χ1) is 17.7. The van der Waals surface area contributed by atoms with Crippen molar-refractivity contribution in [3.8, 4) is 11.5 Å². The summed E-state index contributed by atoms with van der Waals surface area (Å²) < 4.78 is 20.8. The molecule has 1 saturated heterocycles. The second-order valence-corrected chi connectivity index (χ2v) is 9.82. The lowest BCUT2D eigenvalue weighted by molar-refractivity contribution is 0.0944. The standard InChI is InChI=1S/C25H25Cl3FN5O3/c26-15-9-16(30)11-17(10-15)37-23-18(27)4-3-14(21(23)29)13-32-25(36)22-19(28)12-20(33-22)24(35)31-5-8-34-6-1-2-7-34/h3-4,9-12,33H,1-2,5-8,13,30H2,(H,31,35)(H,32,36). The topological polar surface area (TPSA) is 112 Å². The highest BCUT2D eigenvalue weighted by atomic mass is 35.5. The summed E-state index contributed by atoms with van der Waals surface area (Å²) in [7, 11) is 0. The van der Waals surface area contributed by atoms with Crippen LogP contribution >= 0.6 is 34.8 Å². The molecule has 3 aromatic rings. The van der Waals surface area contributed by atoms with Crippen LogP contribution in [0.15, 0.2) is 36.4 Å². The van der Waals surface area contributed by atoms with E-state index in [0.717, 1.165) is 19.6 Å². The number of likely N-dealkylation sites (tertiary alicyclic amines) is 1. The van der Waals surface area contributed by atoms with Gasteiger partial charge in [0.25, 0.3) is 11.8 Å². The summed E-state index contributed by atoms with van der Waals surface area (Å²) in [5.41, 5.74) is 6.36. The summed E-state index contributed by atoms with van der Waals surface area (Å²) in [4.78, 5) is 30.2. The molecule has 1 aliphatic heterocycles. The number of rotatable bonds is 9. The van der Waals surface area contributed by atoms with Gasteiger partial charge in [0.2, 0.25) is 0 Å². The van der Waals surface area contributed by atoms with Gasteiger partial charge in [-0.1, -0.05) is 40.9 Å². The number of benzene rings is 2. The Morgan fingerprint density at radius 2 is 1.78 bits per heavy atom. The molecule has 0 spiro atoms. The SMILES string of the molecule is Nc1cc(Cl)cc(Oc2c(Cl)ccc(CNC(=O)c3[nH]c(C(=O)NCCN4CCCC4)cc3Cl)c2F)c1. The third-order valence-corrected chi connectivity index (χ3v) is 6.65. The Bertz CT molecular complexity index is 1290. The van der Waals surface area contributed by atoms with Crippen molar-refractivity contribution in [1.29, 1.82) is 0 Å². The second-order valence-electron chi connectivity index (χ2n) is 8.57. The third kappa shape index (κ3) is 6.87. The van der Waals surface area contributed by atoms with Crippen molar-refractivity contribution < 1.29 is 18.7 Å². The van der Waals surface area contributed by atoms with Crippen molar-refractivity contribution in [3.63, 3.8) is 0 Å². The van der Waals surface area contributed by atoms with Gasteiger partial charge in [-0.3, -0.25) is 9.59 Å². The van der Waals surface area contributed by atoms with Crippen LogP contribution in [-0.4, -0.2) is 47.9 Å².